The minimum atomic E-state index is -0.598. The zero-order valence-corrected chi connectivity index (χ0v) is 16.2. The number of hydrogen-bond acceptors (Lipinski definition) is 5. The number of aromatic nitrogens is 4. The molecule has 1 fully saturated rings. The lowest BCUT2D eigenvalue weighted by molar-refractivity contribution is 0.0876. The van der Waals surface area contributed by atoms with Gasteiger partial charge in [-0.1, -0.05) is 6.42 Å². The zero-order chi connectivity index (χ0) is 18.6. The molecule has 0 bridgehead atoms. The first kappa shape index (κ1) is 18.5. The molecule has 0 unspecified atom stereocenters. The highest BCUT2D eigenvalue weighted by molar-refractivity contribution is 5.97. The summed E-state index contributed by atoms with van der Waals surface area (Å²) in [7, 11) is 0. The number of aryl methyl sites for hydroxylation is 1. The zero-order valence-electron chi connectivity index (χ0n) is 15.4. The van der Waals surface area contributed by atoms with Crippen LogP contribution in [0.3, 0.4) is 0 Å². The number of fused-ring (bicyclic) bond motifs is 3. The quantitative estimate of drug-likeness (QED) is 0.613. The number of hydrogen-bond donors (Lipinski definition) is 3. The summed E-state index contributed by atoms with van der Waals surface area (Å²) in [5.74, 6) is 0.404. The molecule has 1 spiro atoms. The normalized spacial score (nSPS) is 17.2. The largest absolute Gasteiger partial charge is 0.346 e. The highest BCUT2D eigenvalue weighted by Crippen LogP contribution is 2.37. The summed E-state index contributed by atoms with van der Waals surface area (Å²) in [4.78, 5) is 37.5. The maximum Gasteiger partial charge on any atom is 0.276 e. The van der Waals surface area contributed by atoms with E-state index in [0.29, 0.717) is 22.8 Å². The van der Waals surface area contributed by atoms with E-state index < -0.39 is 5.66 Å². The molecule has 28 heavy (non-hydrogen) atoms. The van der Waals surface area contributed by atoms with Crippen LogP contribution in [-0.4, -0.2) is 25.4 Å². The standard InChI is InChI=1S/C19H20N6O2.ClH/c1-11-9-13(23-16-12-5-8-20-15(12)21-10-22-16)18(27)25-14(11)17(26)24-19(25)6-3-2-4-7-19;/h5,8-10H,2-4,6-7H2,1H3,(H,24,26)(H2,20,21,22,23);1H. The molecule has 8 nitrogen and oxygen atoms in total. The van der Waals surface area contributed by atoms with Crippen LogP contribution in [0.15, 0.2) is 29.5 Å². The predicted molar refractivity (Wildman–Crippen MR) is 108 cm³/mol. The summed E-state index contributed by atoms with van der Waals surface area (Å²) >= 11 is 0. The van der Waals surface area contributed by atoms with Crippen LogP contribution >= 0.6 is 12.4 Å². The maximum atomic E-state index is 13.4. The van der Waals surface area contributed by atoms with Crippen molar-refractivity contribution in [2.45, 2.75) is 44.7 Å². The molecule has 1 saturated carbocycles. The summed E-state index contributed by atoms with van der Waals surface area (Å²) in [5, 5.41) is 7.07. The number of anilines is 2. The molecule has 5 rings (SSSR count). The van der Waals surface area contributed by atoms with Gasteiger partial charge >= 0.3 is 0 Å². The van der Waals surface area contributed by atoms with Gasteiger partial charge in [-0.2, -0.15) is 0 Å². The fourth-order valence-corrected chi connectivity index (χ4v) is 4.43. The fraction of sp³-hybridized carbons (Fsp3) is 0.368. The van der Waals surface area contributed by atoms with Crippen molar-refractivity contribution in [2.24, 2.45) is 0 Å². The van der Waals surface area contributed by atoms with Gasteiger partial charge in [0, 0.05) is 6.20 Å². The molecule has 0 atom stereocenters. The van der Waals surface area contributed by atoms with Crippen molar-refractivity contribution >= 4 is 40.9 Å². The first-order valence-corrected chi connectivity index (χ1v) is 9.24. The number of amides is 1. The van der Waals surface area contributed by atoms with Gasteiger partial charge in [-0.25, -0.2) is 9.97 Å². The number of halogens is 1. The lowest BCUT2D eigenvalue weighted by Crippen LogP contribution is -2.48. The van der Waals surface area contributed by atoms with E-state index in [1.807, 2.05) is 13.0 Å². The minimum absolute atomic E-state index is 0. The Morgan fingerprint density at radius 3 is 2.75 bits per heavy atom. The van der Waals surface area contributed by atoms with Gasteiger partial charge in [-0.05, 0) is 50.3 Å². The van der Waals surface area contributed by atoms with Crippen molar-refractivity contribution in [1.29, 1.82) is 0 Å². The Morgan fingerprint density at radius 1 is 1.18 bits per heavy atom. The van der Waals surface area contributed by atoms with Gasteiger partial charge in [0.25, 0.3) is 11.5 Å². The van der Waals surface area contributed by atoms with Crippen molar-refractivity contribution in [1.82, 2.24) is 24.8 Å². The molecule has 3 N–H and O–H groups in total. The molecular formula is C19H21ClN6O2. The van der Waals surface area contributed by atoms with Gasteiger partial charge in [-0.15, -0.1) is 12.4 Å². The number of rotatable bonds is 2. The Kier molecular flexibility index (Phi) is 4.38. The molecule has 0 radical (unpaired) electrons. The van der Waals surface area contributed by atoms with E-state index in [1.54, 1.807) is 16.8 Å². The van der Waals surface area contributed by atoms with Crippen LogP contribution in [0.25, 0.3) is 11.0 Å². The highest BCUT2D eigenvalue weighted by atomic mass is 35.5. The summed E-state index contributed by atoms with van der Waals surface area (Å²) in [6.45, 7) is 1.86. The lowest BCUT2D eigenvalue weighted by Gasteiger charge is -2.35. The molecule has 2 aliphatic rings. The van der Waals surface area contributed by atoms with E-state index >= 15 is 0 Å². The molecule has 3 aromatic heterocycles. The average Bonchev–Trinajstić information content (AvgIpc) is 3.24. The van der Waals surface area contributed by atoms with Crippen LogP contribution in [0.2, 0.25) is 0 Å². The van der Waals surface area contributed by atoms with Gasteiger partial charge in [-0.3, -0.25) is 14.2 Å². The van der Waals surface area contributed by atoms with Gasteiger partial charge in [0.05, 0.1) is 5.39 Å². The number of pyridine rings is 1. The number of carbonyl (C=O) groups excluding carboxylic acids is 1. The number of nitrogens with zero attached hydrogens (tertiary/aromatic N) is 3. The Morgan fingerprint density at radius 2 is 1.96 bits per heavy atom. The van der Waals surface area contributed by atoms with E-state index in [0.717, 1.165) is 43.1 Å². The number of nitrogens with one attached hydrogen (secondary N) is 3. The smallest absolute Gasteiger partial charge is 0.276 e. The van der Waals surface area contributed by atoms with Crippen LogP contribution in [0, 0.1) is 6.92 Å². The summed E-state index contributed by atoms with van der Waals surface area (Å²) < 4.78 is 1.68. The van der Waals surface area contributed by atoms with Gasteiger partial charge in [0.2, 0.25) is 0 Å². The number of aromatic amines is 1. The molecule has 4 heterocycles. The SMILES string of the molecule is Cc1cc(Nc2ncnc3[nH]ccc23)c(=O)n2c1C(=O)NC21CCCCC1.Cl. The molecule has 3 aromatic rings. The Balaban J connectivity index is 0.00000192. The van der Waals surface area contributed by atoms with Gasteiger partial charge in [0.1, 0.15) is 34.8 Å². The molecule has 0 aromatic carbocycles. The molecule has 0 saturated heterocycles. The fourth-order valence-electron chi connectivity index (χ4n) is 4.43. The van der Waals surface area contributed by atoms with Crippen LogP contribution < -0.4 is 16.2 Å². The molecular weight excluding hydrogens is 380 g/mol. The first-order valence-electron chi connectivity index (χ1n) is 9.24. The lowest BCUT2D eigenvalue weighted by atomic mass is 9.89. The van der Waals surface area contributed by atoms with Crippen molar-refractivity contribution in [2.75, 3.05) is 5.32 Å². The molecule has 9 heteroatoms. The summed E-state index contributed by atoms with van der Waals surface area (Å²) in [6, 6.07) is 3.60. The maximum absolute atomic E-state index is 13.4. The van der Waals surface area contributed by atoms with E-state index in [2.05, 4.69) is 25.6 Å². The monoisotopic (exact) mass is 400 g/mol. The topological polar surface area (TPSA) is 105 Å². The average molecular weight is 401 g/mol. The van der Waals surface area contributed by atoms with E-state index in [4.69, 9.17) is 0 Å². The molecule has 1 aliphatic carbocycles. The minimum Gasteiger partial charge on any atom is -0.346 e. The Hall–Kier alpha value is -2.87. The Bertz CT molecular complexity index is 1130. The van der Waals surface area contributed by atoms with Crippen LogP contribution in [0.4, 0.5) is 11.5 Å². The van der Waals surface area contributed by atoms with Crippen molar-refractivity contribution < 1.29 is 4.79 Å². The van der Waals surface area contributed by atoms with Crippen molar-refractivity contribution in [3.63, 3.8) is 0 Å². The third kappa shape index (κ3) is 2.59. The summed E-state index contributed by atoms with van der Waals surface area (Å²) in [5.41, 5.74) is 1.57. The summed E-state index contributed by atoms with van der Waals surface area (Å²) in [6.07, 6.45) is 7.92. The Labute approximate surface area is 167 Å². The van der Waals surface area contributed by atoms with Crippen LogP contribution in [-0.2, 0) is 5.66 Å². The second kappa shape index (κ2) is 6.63. The second-order valence-electron chi connectivity index (χ2n) is 7.36. The molecule has 146 valence electrons. The van der Waals surface area contributed by atoms with E-state index in [-0.39, 0.29) is 23.9 Å². The third-order valence-corrected chi connectivity index (χ3v) is 5.67. The number of carbonyl (C=O) groups is 1. The predicted octanol–water partition coefficient (Wildman–Crippen LogP) is 2.95. The van der Waals surface area contributed by atoms with E-state index in [9.17, 15) is 9.59 Å². The van der Waals surface area contributed by atoms with Gasteiger partial charge < -0.3 is 15.6 Å². The van der Waals surface area contributed by atoms with Crippen molar-refractivity contribution in [3.8, 4) is 0 Å². The second-order valence-corrected chi connectivity index (χ2v) is 7.36. The van der Waals surface area contributed by atoms with E-state index in [1.165, 1.54) is 6.33 Å². The van der Waals surface area contributed by atoms with Crippen molar-refractivity contribution in [3.05, 3.63) is 46.3 Å². The molecule has 1 amide bonds. The van der Waals surface area contributed by atoms with Gasteiger partial charge in [0.15, 0.2) is 0 Å². The molecule has 1 aliphatic heterocycles. The highest BCUT2D eigenvalue weighted by Gasteiger charge is 2.45. The third-order valence-electron chi connectivity index (χ3n) is 5.67. The van der Waals surface area contributed by atoms with Crippen LogP contribution in [0.5, 0.6) is 0 Å². The number of H-pyrrole nitrogens is 1. The first-order chi connectivity index (χ1) is 13.1. The van der Waals surface area contributed by atoms with Crippen LogP contribution in [0.1, 0.15) is 48.2 Å².